The number of para-hydroxylation sites is 2. The normalized spacial score (nSPS) is 11.3. The number of hydrogen-bond donors (Lipinski definition) is 2. The van der Waals surface area contributed by atoms with E-state index in [1.54, 1.807) is 6.07 Å². The van der Waals surface area contributed by atoms with Crippen LogP contribution >= 0.6 is 0 Å². The smallest absolute Gasteiger partial charge is 0.163 e. The highest BCUT2D eigenvalue weighted by Gasteiger charge is 2.14. The Morgan fingerprint density at radius 2 is 1.26 bits per heavy atom. The first-order valence-electron chi connectivity index (χ1n) is 8.70. The molecular formula is C22H17N5. The van der Waals surface area contributed by atoms with Gasteiger partial charge in [-0.3, -0.25) is 4.57 Å². The van der Waals surface area contributed by atoms with E-state index in [4.69, 9.17) is 16.5 Å². The largest absolute Gasteiger partial charge is 0.399 e. The molecule has 2 aromatic heterocycles. The Balaban J connectivity index is 1.81. The fourth-order valence-corrected chi connectivity index (χ4v) is 3.50. The molecule has 0 saturated heterocycles. The zero-order valence-electron chi connectivity index (χ0n) is 14.5. The molecule has 0 amide bonds. The molecule has 0 aliphatic heterocycles. The molecule has 4 N–H and O–H groups in total. The van der Waals surface area contributed by atoms with Gasteiger partial charge in [-0.1, -0.05) is 36.4 Å². The van der Waals surface area contributed by atoms with E-state index >= 15 is 0 Å². The van der Waals surface area contributed by atoms with Crippen molar-refractivity contribution >= 4 is 33.3 Å². The van der Waals surface area contributed by atoms with Crippen molar-refractivity contribution in [3.05, 3.63) is 78.9 Å². The van der Waals surface area contributed by atoms with Crippen molar-refractivity contribution in [3.8, 4) is 17.2 Å². The second-order valence-electron chi connectivity index (χ2n) is 6.47. The highest BCUT2D eigenvalue weighted by molar-refractivity contribution is 6.09. The molecule has 0 radical (unpaired) electrons. The maximum absolute atomic E-state index is 6.13. The van der Waals surface area contributed by atoms with Gasteiger partial charge in [-0.2, -0.15) is 0 Å². The van der Waals surface area contributed by atoms with Crippen molar-refractivity contribution in [2.24, 2.45) is 0 Å². The van der Waals surface area contributed by atoms with Crippen molar-refractivity contribution in [2.75, 3.05) is 11.5 Å². The van der Waals surface area contributed by atoms with Gasteiger partial charge < -0.3 is 11.5 Å². The summed E-state index contributed by atoms with van der Waals surface area (Å²) in [5.41, 5.74) is 15.7. The van der Waals surface area contributed by atoms with Crippen molar-refractivity contribution in [3.63, 3.8) is 0 Å². The zero-order valence-corrected chi connectivity index (χ0v) is 14.5. The first-order valence-corrected chi connectivity index (χ1v) is 8.70. The number of nitrogens with zero attached hydrogens (tertiary/aromatic N) is 3. The molecule has 0 atom stereocenters. The van der Waals surface area contributed by atoms with Gasteiger partial charge in [-0.15, -0.1) is 0 Å². The maximum atomic E-state index is 6.13. The van der Waals surface area contributed by atoms with E-state index in [1.807, 2.05) is 48.5 Å². The minimum absolute atomic E-state index is 0.425. The fourth-order valence-electron chi connectivity index (χ4n) is 3.50. The highest BCUT2D eigenvalue weighted by atomic mass is 15.1. The van der Waals surface area contributed by atoms with Crippen LogP contribution in [0.3, 0.4) is 0 Å². The summed E-state index contributed by atoms with van der Waals surface area (Å²) in [4.78, 5) is 9.22. The van der Waals surface area contributed by atoms with Crippen molar-refractivity contribution in [1.82, 2.24) is 14.5 Å². The van der Waals surface area contributed by atoms with Crippen LogP contribution in [0.1, 0.15) is 0 Å². The number of aromatic nitrogens is 3. The van der Waals surface area contributed by atoms with Crippen LogP contribution in [-0.2, 0) is 0 Å². The number of rotatable bonds is 2. The Kier molecular flexibility index (Phi) is 3.33. The van der Waals surface area contributed by atoms with Gasteiger partial charge in [0.15, 0.2) is 5.82 Å². The lowest BCUT2D eigenvalue weighted by molar-refractivity contribution is 1.05. The third-order valence-electron chi connectivity index (χ3n) is 4.71. The molecule has 2 heterocycles. The lowest BCUT2D eigenvalue weighted by atomic mass is 10.2. The predicted octanol–water partition coefficient (Wildman–Crippen LogP) is 4.41. The average molecular weight is 351 g/mol. The molecular weight excluding hydrogens is 334 g/mol. The Labute approximate surface area is 155 Å². The van der Waals surface area contributed by atoms with E-state index in [9.17, 15) is 0 Å². The summed E-state index contributed by atoms with van der Waals surface area (Å²) in [6, 6.07) is 25.9. The number of hydrogen-bond acceptors (Lipinski definition) is 4. The standard InChI is InChI=1S/C22H17N5/c23-15-11-9-14(10-12-15)22-25-20(24)13-21(26-22)27-18-7-3-1-5-16(18)17-6-2-4-8-19(17)27/h1-13H,23H2,(H2,24,25,26). The number of benzene rings is 3. The molecule has 5 aromatic rings. The minimum Gasteiger partial charge on any atom is -0.399 e. The van der Waals surface area contributed by atoms with E-state index in [1.165, 1.54) is 10.8 Å². The van der Waals surface area contributed by atoms with Crippen LogP contribution in [0, 0.1) is 0 Å². The summed E-state index contributed by atoms with van der Waals surface area (Å²) >= 11 is 0. The molecule has 0 fully saturated rings. The summed E-state index contributed by atoms with van der Waals surface area (Å²) in [5.74, 6) is 1.74. The van der Waals surface area contributed by atoms with Gasteiger partial charge in [0.1, 0.15) is 11.6 Å². The van der Waals surface area contributed by atoms with E-state index in [0.717, 1.165) is 22.4 Å². The van der Waals surface area contributed by atoms with Gasteiger partial charge in [0, 0.05) is 28.1 Å². The molecule has 0 unspecified atom stereocenters. The van der Waals surface area contributed by atoms with E-state index in [2.05, 4.69) is 33.8 Å². The fraction of sp³-hybridized carbons (Fsp3) is 0. The van der Waals surface area contributed by atoms with Crippen molar-refractivity contribution in [2.45, 2.75) is 0 Å². The van der Waals surface area contributed by atoms with Gasteiger partial charge in [0.05, 0.1) is 11.0 Å². The molecule has 130 valence electrons. The number of nitrogens with two attached hydrogens (primary N) is 2. The van der Waals surface area contributed by atoms with E-state index < -0.39 is 0 Å². The summed E-state index contributed by atoms with van der Waals surface area (Å²) in [7, 11) is 0. The second kappa shape index (κ2) is 5.85. The summed E-state index contributed by atoms with van der Waals surface area (Å²) in [5, 5.41) is 2.36. The minimum atomic E-state index is 0.425. The second-order valence-corrected chi connectivity index (χ2v) is 6.47. The van der Waals surface area contributed by atoms with Crippen LogP contribution < -0.4 is 11.5 Å². The Hall–Kier alpha value is -3.86. The quantitative estimate of drug-likeness (QED) is 0.462. The Morgan fingerprint density at radius 3 is 1.89 bits per heavy atom. The summed E-state index contributed by atoms with van der Waals surface area (Å²) in [6.07, 6.45) is 0. The van der Waals surface area contributed by atoms with Crippen LogP contribution in [0.4, 0.5) is 11.5 Å². The third-order valence-corrected chi connectivity index (χ3v) is 4.71. The lowest BCUT2D eigenvalue weighted by Gasteiger charge is -2.10. The SMILES string of the molecule is Nc1ccc(-c2nc(N)cc(-n3c4ccccc4c4ccccc43)n2)cc1. The van der Waals surface area contributed by atoms with Crippen LogP contribution in [0.15, 0.2) is 78.9 Å². The first-order chi connectivity index (χ1) is 13.2. The van der Waals surface area contributed by atoms with Crippen LogP contribution in [0.5, 0.6) is 0 Å². The average Bonchev–Trinajstić information content (AvgIpc) is 3.03. The molecule has 5 heteroatoms. The van der Waals surface area contributed by atoms with Crippen LogP contribution in [0.25, 0.3) is 39.0 Å². The molecule has 0 spiro atoms. The van der Waals surface area contributed by atoms with Gasteiger partial charge >= 0.3 is 0 Å². The molecule has 0 aliphatic carbocycles. The number of fused-ring (bicyclic) bond motifs is 3. The molecule has 0 aliphatic rings. The van der Waals surface area contributed by atoms with E-state index in [0.29, 0.717) is 17.3 Å². The number of anilines is 2. The Morgan fingerprint density at radius 1 is 0.667 bits per heavy atom. The zero-order chi connectivity index (χ0) is 18.4. The molecule has 3 aromatic carbocycles. The topological polar surface area (TPSA) is 82.7 Å². The van der Waals surface area contributed by atoms with Crippen LogP contribution in [-0.4, -0.2) is 14.5 Å². The lowest BCUT2D eigenvalue weighted by Crippen LogP contribution is -2.03. The van der Waals surface area contributed by atoms with Crippen molar-refractivity contribution in [1.29, 1.82) is 0 Å². The third kappa shape index (κ3) is 2.48. The van der Waals surface area contributed by atoms with Gasteiger partial charge in [0.25, 0.3) is 0 Å². The highest BCUT2D eigenvalue weighted by Crippen LogP contribution is 2.32. The maximum Gasteiger partial charge on any atom is 0.163 e. The Bertz CT molecular complexity index is 1230. The molecule has 0 bridgehead atoms. The van der Waals surface area contributed by atoms with Gasteiger partial charge in [-0.25, -0.2) is 9.97 Å². The molecule has 5 nitrogen and oxygen atoms in total. The van der Waals surface area contributed by atoms with Crippen LogP contribution in [0.2, 0.25) is 0 Å². The summed E-state index contributed by atoms with van der Waals surface area (Å²) < 4.78 is 2.13. The molecule has 27 heavy (non-hydrogen) atoms. The first kappa shape index (κ1) is 15.4. The van der Waals surface area contributed by atoms with Crippen molar-refractivity contribution < 1.29 is 0 Å². The molecule has 5 rings (SSSR count). The molecule has 0 saturated carbocycles. The van der Waals surface area contributed by atoms with Gasteiger partial charge in [-0.05, 0) is 36.4 Å². The summed E-state index contributed by atoms with van der Waals surface area (Å²) in [6.45, 7) is 0. The predicted molar refractivity (Wildman–Crippen MR) is 111 cm³/mol. The number of nitrogen functional groups attached to an aromatic ring is 2. The monoisotopic (exact) mass is 351 g/mol. The van der Waals surface area contributed by atoms with E-state index in [-0.39, 0.29) is 0 Å². The van der Waals surface area contributed by atoms with Gasteiger partial charge in [0.2, 0.25) is 0 Å².